The molecule has 0 radical (unpaired) electrons. The number of hydrogen-bond acceptors (Lipinski definition) is 4. The molecule has 2 heterocycles. The van der Waals surface area contributed by atoms with Gasteiger partial charge < -0.3 is 9.32 Å². The van der Waals surface area contributed by atoms with Crippen LogP contribution in [0, 0.1) is 0 Å². The van der Waals surface area contributed by atoms with Crippen LogP contribution in [0.4, 0.5) is 0 Å². The summed E-state index contributed by atoms with van der Waals surface area (Å²) >= 11 is 12.8. The minimum atomic E-state index is -3.64. The van der Waals surface area contributed by atoms with E-state index in [1.54, 1.807) is 12.1 Å². The number of nitrogens with zero attached hydrogens (tertiary/aromatic N) is 1. The van der Waals surface area contributed by atoms with Crippen LogP contribution >= 0.6 is 23.2 Å². The maximum absolute atomic E-state index is 12.4. The third-order valence-electron chi connectivity index (χ3n) is 5.00. The Hall–Kier alpha value is -1.83. The molecule has 1 aliphatic rings. The molecule has 4 rings (SSSR count). The van der Waals surface area contributed by atoms with Gasteiger partial charge in [0.2, 0.25) is 10.0 Å². The molecule has 8 heteroatoms. The van der Waals surface area contributed by atoms with Crippen LogP contribution in [0.5, 0.6) is 0 Å². The normalized spacial score (nSPS) is 15.3. The van der Waals surface area contributed by atoms with Gasteiger partial charge in [-0.25, -0.2) is 13.1 Å². The molecule has 0 fully saturated rings. The molecule has 0 bridgehead atoms. The number of nitrogens with one attached hydrogen (secondary N) is 1. The van der Waals surface area contributed by atoms with Crippen molar-refractivity contribution in [3.05, 3.63) is 74.3 Å². The fourth-order valence-corrected chi connectivity index (χ4v) is 4.90. The summed E-state index contributed by atoms with van der Waals surface area (Å²) in [5.41, 5.74) is 3.28. The first kappa shape index (κ1) is 20.4. The van der Waals surface area contributed by atoms with Crippen molar-refractivity contribution in [2.75, 3.05) is 13.6 Å². The summed E-state index contributed by atoms with van der Waals surface area (Å²) in [4.78, 5) is 2.15. The summed E-state index contributed by atoms with van der Waals surface area (Å²) in [6.07, 6.45) is 2.33. The lowest BCUT2D eigenvalue weighted by Gasteiger charge is -2.13. The van der Waals surface area contributed by atoms with Crippen LogP contribution < -0.4 is 4.72 Å². The van der Waals surface area contributed by atoms with Crippen molar-refractivity contribution in [3.8, 4) is 0 Å². The Balaban J connectivity index is 1.65. The first-order valence-corrected chi connectivity index (χ1v) is 11.5. The summed E-state index contributed by atoms with van der Waals surface area (Å²) in [5, 5.41) is 3.10. The minimum absolute atomic E-state index is 0.0344. The summed E-state index contributed by atoms with van der Waals surface area (Å²) in [7, 11) is -1.63. The number of rotatable bonds is 5. The predicted octanol–water partition coefficient (Wildman–Crippen LogP) is 4.82. The molecule has 5 nitrogen and oxygen atoms in total. The van der Waals surface area contributed by atoms with Gasteiger partial charge in [-0.2, -0.15) is 0 Å². The van der Waals surface area contributed by atoms with E-state index in [-0.39, 0.29) is 6.54 Å². The number of hydrogen-bond donors (Lipinski definition) is 1. The molecular formula is C21H20Cl2N2O3S. The SMILES string of the molecule is CN1CCc2c(Cl)cc(Cl)c3oc(CNS(=O)(=O)/C=C/c4ccccc4)c(c23)C1. The molecule has 0 amide bonds. The fourth-order valence-electron chi connectivity index (χ4n) is 3.54. The van der Waals surface area contributed by atoms with Crippen LogP contribution in [-0.2, 0) is 29.5 Å². The van der Waals surface area contributed by atoms with Crippen molar-refractivity contribution >= 4 is 50.3 Å². The van der Waals surface area contributed by atoms with Crippen molar-refractivity contribution in [2.24, 2.45) is 0 Å². The first-order chi connectivity index (χ1) is 13.8. The first-order valence-electron chi connectivity index (χ1n) is 9.16. The van der Waals surface area contributed by atoms with Crippen LogP contribution in [0.3, 0.4) is 0 Å². The molecule has 1 aliphatic heterocycles. The number of benzene rings is 2. The Morgan fingerprint density at radius 1 is 1.17 bits per heavy atom. The maximum atomic E-state index is 12.4. The van der Waals surface area contributed by atoms with E-state index in [2.05, 4.69) is 9.62 Å². The summed E-state index contributed by atoms with van der Waals surface area (Å²) < 4.78 is 33.4. The van der Waals surface area contributed by atoms with Crippen LogP contribution in [-0.4, -0.2) is 26.9 Å². The average Bonchev–Trinajstić information content (AvgIpc) is 2.94. The Morgan fingerprint density at radius 3 is 2.69 bits per heavy atom. The van der Waals surface area contributed by atoms with Gasteiger partial charge in [0.1, 0.15) is 5.76 Å². The molecule has 0 aliphatic carbocycles. The third kappa shape index (κ3) is 4.37. The Labute approximate surface area is 180 Å². The molecule has 0 unspecified atom stereocenters. The lowest BCUT2D eigenvalue weighted by atomic mass is 10.0. The standard InChI is InChI=1S/C21H20Cl2N2O3S/c1-25-9-7-15-17(22)11-18(23)21-20(15)16(13-25)19(28-21)12-24-29(26,27)10-8-14-5-3-2-4-6-14/h2-6,8,10-11,24H,7,9,12-13H2,1H3/b10-8+. The van der Waals surface area contributed by atoms with Gasteiger partial charge in [-0.3, -0.25) is 0 Å². The van der Waals surface area contributed by atoms with Gasteiger partial charge in [-0.05, 0) is 36.7 Å². The van der Waals surface area contributed by atoms with E-state index < -0.39 is 10.0 Å². The third-order valence-corrected chi connectivity index (χ3v) is 6.65. The van der Waals surface area contributed by atoms with E-state index in [9.17, 15) is 8.42 Å². The van der Waals surface area contributed by atoms with Gasteiger partial charge in [-0.15, -0.1) is 0 Å². The highest BCUT2D eigenvalue weighted by molar-refractivity contribution is 7.92. The lowest BCUT2D eigenvalue weighted by molar-refractivity contribution is 0.332. The van der Waals surface area contributed by atoms with Crippen molar-refractivity contribution in [3.63, 3.8) is 0 Å². The number of sulfonamides is 1. The van der Waals surface area contributed by atoms with Gasteiger partial charge >= 0.3 is 0 Å². The van der Waals surface area contributed by atoms with Crippen LogP contribution in [0.1, 0.15) is 22.5 Å². The highest BCUT2D eigenvalue weighted by atomic mass is 35.5. The fraction of sp³-hybridized carbons (Fsp3) is 0.238. The maximum Gasteiger partial charge on any atom is 0.234 e. The number of halogens is 2. The second-order valence-electron chi connectivity index (χ2n) is 7.09. The largest absolute Gasteiger partial charge is 0.458 e. The highest BCUT2D eigenvalue weighted by Gasteiger charge is 2.25. The van der Waals surface area contributed by atoms with Gasteiger partial charge in [0.25, 0.3) is 0 Å². The van der Waals surface area contributed by atoms with E-state index >= 15 is 0 Å². The van der Waals surface area contributed by atoms with E-state index in [4.69, 9.17) is 27.6 Å². The van der Waals surface area contributed by atoms with Crippen LogP contribution in [0.15, 0.2) is 46.2 Å². The van der Waals surface area contributed by atoms with E-state index in [1.165, 1.54) is 0 Å². The Kier molecular flexibility index (Phi) is 5.73. The molecule has 29 heavy (non-hydrogen) atoms. The summed E-state index contributed by atoms with van der Waals surface area (Å²) in [5.74, 6) is 0.552. The zero-order chi connectivity index (χ0) is 20.6. The molecule has 0 saturated carbocycles. The molecule has 1 aromatic heterocycles. The minimum Gasteiger partial charge on any atom is -0.458 e. The van der Waals surface area contributed by atoms with E-state index in [1.807, 2.05) is 37.4 Å². The molecule has 1 N–H and O–H groups in total. The zero-order valence-corrected chi connectivity index (χ0v) is 18.1. The molecule has 0 spiro atoms. The van der Waals surface area contributed by atoms with E-state index in [0.29, 0.717) is 27.9 Å². The lowest BCUT2D eigenvalue weighted by Crippen LogP contribution is -2.22. The molecule has 2 aromatic carbocycles. The second-order valence-corrected chi connectivity index (χ2v) is 9.56. The molecule has 0 atom stereocenters. The highest BCUT2D eigenvalue weighted by Crippen LogP contribution is 2.40. The Bertz CT molecular complexity index is 1190. The van der Waals surface area contributed by atoms with Gasteiger partial charge in [0, 0.05) is 34.5 Å². The summed E-state index contributed by atoms with van der Waals surface area (Å²) in [6.45, 7) is 1.51. The molecule has 152 valence electrons. The van der Waals surface area contributed by atoms with Crippen LogP contribution in [0.2, 0.25) is 10.0 Å². The van der Waals surface area contributed by atoms with Crippen molar-refractivity contribution in [2.45, 2.75) is 19.5 Å². The summed E-state index contributed by atoms with van der Waals surface area (Å²) in [6, 6.07) is 10.9. The van der Waals surface area contributed by atoms with Gasteiger partial charge in [-0.1, -0.05) is 53.5 Å². The van der Waals surface area contributed by atoms with Gasteiger partial charge in [0.15, 0.2) is 5.58 Å². The average molecular weight is 451 g/mol. The van der Waals surface area contributed by atoms with E-state index in [0.717, 1.165) is 40.5 Å². The van der Waals surface area contributed by atoms with Crippen molar-refractivity contribution in [1.29, 1.82) is 0 Å². The van der Waals surface area contributed by atoms with Crippen LogP contribution in [0.25, 0.3) is 17.0 Å². The Morgan fingerprint density at radius 2 is 1.93 bits per heavy atom. The smallest absolute Gasteiger partial charge is 0.234 e. The predicted molar refractivity (Wildman–Crippen MR) is 118 cm³/mol. The molecule has 0 saturated heterocycles. The van der Waals surface area contributed by atoms with Gasteiger partial charge in [0.05, 0.1) is 11.6 Å². The molecular weight excluding hydrogens is 431 g/mol. The zero-order valence-electron chi connectivity index (χ0n) is 15.8. The second kappa shape index (κ2) is 8.13. The van der Waals surface area contributed by atoms with Crippen molar-refractivity contribution < 1.29 is 12.8 Å². The molecule has 3 aromatic rings. The quantitative estimate of drug-likeness (QED) is 0.605. The monoisotopic (exact) mass is 450 g/mol. The van der Waals surface area contributed by atoms with Crippen molar-refractivity contribution in [1.82, 2.24) is 9.62 Å². The number of likely N-dealkylation sites (N-methyl/N-ethyl adjacent to an activating group) is 1. The number of furan rings is 1. The topological polar surface area (TPSA) is 62.6 Å².